The van der Waals surface area contributed by atoms with Crippen molar-refractivity contribution in [3.63, 3.8) is 0 Å². The van der Waals surface area contributed by atoms with Crippen LogP contribution in [-0.4, -0.2) is 12.2 Å². The van der Waals surface area contributed by atoms with Gasteiger partial charge in [-0.15, -0.1) is 0 Å². The molecule has 0 heterocycles. The zero-order chi connectivity index (χ0) is 14.0. The highest BCUT2D eigenvalue weighted by Crippen LogP contribution is 2.32. The van der Waals surface area contributed by atoms with Gasteiger partial charge in [0, 0.05) is 10.6 Å². The van der Waals surface area contributed by atoms with E-state index < -0.39 is 6.10 Å². The largest absolute Gasteiger partial charge is 0.496 e. The van der Waals surface area contributed by atoms with Crippen molar-refractivity contribution >= 4 is 11.6 Å². The fourth-order valence-electron chi connectivity index (χ4n) is 2.19. The van der Waals surface area contributed by atoms with Crippen molar-refractivity contribution in [1.29, 1.82) is 0 Å². The second kappa shape index (κ2) is 5.64. The smallest absolute Gasteiger partial charge is 0.122 e. The number of rotatable bonds is 3. The number of aliphatic hydroxyl groups excluding tert-OH is 1. The van der Waals surface area contributed by atoms with Gasteiger partial charge in [0.15, 0.2) is 0 Å². The van der Waals surface area contributed by atoms with Crippen molar-refractivity contribution in [3.05, 3.63) is 63.7 Å². The lowest BCUT2D eigenvalue weighted by molar-refractivity contribution is 0.219. The average Bonchev–Trinajstić information content (AvgIpc) is 2.40. The third-order valence-corrected chi connectivity index (χ3v) is 3.62. The monoisotopic (exact) mass is 276 g/mol. The molecule has 1 N–H and O–H groups in total. The number of benzene rings is 2. The van der Waals surface area contributed by atoms with E-state index in [2.05, 4.69) is 0 Å². The number of aryl methyl sites for hydroxylation is 2. The molecule has 0 saturated heterocycles. The Bertz CT molecular complexity index is 593. The van der Waals surface area contributed by atoms with Crippen LogP contribution in [0.1, 0.15) is 28.4 Å². The zero-order valence-corrected chi connectivity index (χ0v) is 12.0. The van der Waals surface area contributed by atoms with Gasteiger partial charge in [-0.3, -0.25) is 0 Å². The molecule has 0 amide bonds. The molecule has 2 rings (SSSR count). The molecular formula is C16H17ClO2. The minimum absolute atomic E-state index is 0.572. The molecule has 0 radical (unpaired) electrons. The summed E-state index contributed by atoms with van der Waals surface area (Å²) in [4.78, 5) is 0. The first kappa shape index (κ1) is 13.9. The molecule has 2 aromatic rings. The summed E-state index contributed by atoms with van der Waals surface area (Å²) in [5.41, 5.74) is 3.55. The fraction of sp³-hybridized carbons (Fsp3) is 0.250. The highest BCUT2D eigenvalue weighted by atomic mass is 35.5. The molecule has 19 heavy (non-hydrogen) atoms. The van der Waals surface area contributed by atoms with Gasteiger partial charge in [0.2, 0.25) is 0 Å². The van der Waals surface area contributed by atoms with Crippen LogP contribution in [0.2, 0.25) is 5.02 Å². The summed E-state index contributed by atoms with van der Waals surface area (Å²) < 4.78 is 5.28. The van der Waals surface area contributed by atoms with E-state index >= 15 is 0 Å². The lowest BCUT2D eigenvalue weighted by atomic mass is 9.95. The minimum atomic E-state index is -0.724. The van der Waals surface area contributed by atoms with E-state index in [1.165, 1.54) is 0 Å². The summed E-state index contributed by atoms with van der Waals surface area (Å²) in [6, 6.07) is 11.2. The lowest BCUT2D eigenvalue weighted by Crippen LogP contribution is -2.04. The molecule has 3 heteroatoms. The van der Waals surface area contributed by atoms with E-state index in [9.17, 15) is 5.11 Å². The number of hydrogen-bond donors (Lipinski definition) is 1. The average molecular weight is 277 g/mol. The Balaban J connectivity index is 2.48. The Labute approximate surface area is 118 Å². The molecule has 0 aliphatic carbocycles. The quantitative estimate of drug-likeness (QED) is 0.916. The topological polar surface area (TPSA) is 29.5 Å². The second-order valence-corrected chi connectivity index (χ2v) is 5.01. The first-order valence-electron chi connectivity index (χ1n) is 6.12. The Morgan fingerprint density at radius 2 is 1.74 bits per heavy atom. The van der Waals surface area contributed by atoms with Crippen molar-refractivity contribution in [2.75, 3.05) is 7.11 Å². The first-order chi connectivity index (χ1) is 9.04. The number of halogens is 1. The standard InChI is InChI=1S/C16H17ClO2/c1-10-9-15(19-3)11(2)8-13(10)16(18)12-6-4-5-7-14(12)17/h4-9,16,18H,1-3H3. The summed E-state index contributed by atoms with van der Waals surface area (Å²) in [7, 11) is 1.64. The SMILES string of the molecule is COc1cc(C)c(C(O)c2ccccc2Cl)cc1C. The number of hydrogen-bond acceptors (Lipinski definition) is 2. The second-order valence-electron chi connectivity index (χ2n) is 4.60. The van der Waals surface area contributed by atoms with Crippen LogP contribution in [0, 0.1) is 13.8 Å². The van der Waals surface area contributed by atoms with E-state index in [1.54, 1.807) is 13.2 Å². The Kier molecular flexibility index (Phi) is 4.13. The molecule has 0 fully saturated rings. The Hall–Kier alpha value is -1.51. The predicted molar refractivity (Wildman–Crippen MR) is 78.0 cm³/mol. The predicted octanol–water partition coefficient (Wildman–Crippen LogP) is 4.05. The van der Waals surface area contributed by atoms with E-state index in [-0.39, 0.29) is 0 Å². The van der Waals surface area contributed by atoms with Crippen molar-refractivity contribution in [2.24, 2.45) is 0 Å². The normalized spacial score (nSPS) is 12.3. The molecule has 0 aliphatic heterocycles. The van der Waals surface area contributed by atoms with Crippen LogP contribution in [0.5, 0.6) is 5.75 Å². The van der Waals surface area contributed by atoms with Gasteiger partial charge in [-0.1, -0.05) is 29.8 Å². The van der Waals surface area contributed by atoms with Gasteiger partial charge in [0.1, 0.15) is 11.9 Å². The van der Waals surface area contributed by atoms with Crippen molar-refractivity contribution in [2.45, 2.75) is 20.0 Å². The molecule has 0 spiro atoms. The van der Waals surface area contributed by atoms with Crippen LogP contribution in [0.25, 0.3) is 0 Å². The van der Waals surface area contributed by atoms with Crippen LogP contribution in [-0.2, 0) is 0 Å². The van der Waals surface area contributed by atoms with Gasteiger partial charge in [-0.05, 0) is 48.7 Å². The maximum Gasteiger partial charge on any atom is 0.122 e. The van der Waals surface area contributed by atoms with Gasteiger partial charge >= 0.3 is 0 Å². The molecule has 0 bridgehead atoms. The van der Waals surface area contributed by atoms with Crippen molar-refractivity contribution < 1.29 is 9.84 Å². The first-order valence-corrected chi connectivity index (χ1v) is 6.50. The maximum atomic E-state index is 10.5. The van der Waals surface area contributed by atoms with Crippen molar-refractivity contribution in [3.8, 4) is 5.75 Å². The molecule has 0 aliphatic rings. The van der Waals surface area contributed by atoms with E-state index in [4.69, 9.17) is 16.3 Å². The highest BCUT2D eigenvalue weighted by molar-refractivity contribution is 6.31. The molecule has 0 aromatic heterocycles. The third kappa shape index (κ3) is 2.75. The molecule has 2 nitrogen and oxygen atoms in total. The molecule has 2 aromatic carbocycles. The van der Waals surface area contributed by atoms with Crippen LogP contribution in [0.15, 0.2) is 36.4 Å². The molecule has 1 unspecified atom stereocenters. The summed E-state index contributed by atoms with van der Waals surface area (Å²) in [5, 5.41) is 11.1. The molecule has 0 saturated carbocycles. The van der Waals surface area contributed by atoms with Gasteiger partial charge in [0.25, 0.3) is 0 Å². The summed E-state index contributed by atoms with van der Waals surface area (Å²) in [5.74, 6) is 0.826. The van der Waals surface area contributed by atoms with Gasteiger partial charge in [-0.2, -0.15) is 0 Å². The Morgan fingerprint density at radius 3 is 2.37 bits per heavy atom. The maximum absolute atomic E-state index is 10.5. The zero-order valence-electron chi connectivity index (χ0n) is 11.3. The number of ether oxygens (including phenoxy) is 1. The fourth-order valence-corrected chi connectivity index (χ4v) is 2.43. The number of methoxy groups -OCH3 is 1. The van der Waals surface area contributed by atoms with Crippen molar-refractivity contribution in [1.82, 2.24) is 0 Å². The van der Waals surface area contributed by atoms with Crippen LogP contribution in [0.4, 0.5) is 0 Å². The van der Waals surface area contributed by atoms with E-state index in [0.29, 0.717) is 5.02 Å². The molecular weight excluding hydrogens is 260 g/mol. The van der Waals surface area contributed by atoms with Crippen LogP contribution >= 0.6 is 11.6 Å². The summed E-state index contributed by atoms with van der Waals surface area (Å²) in [6.07, 6.45) is -0.724. The van der Waals surface area contributed by atoms with E-state index in [1.807, 2.05) is 44.2 Å². The van der Waals surface area contributed by atoms with Crippen LogP contribution in [0.3, 0.4) is 0 Å². The molecule has 100 valence electrons. The number of aliphatic hydroxyl groups is 1. The molecule has 1 atom stereocenters. The van der Waals surface area contributed by atoms with Gasteiger partial charge in [0.05, 0.1) is 7.11 Å². The summed E-state index contributed by atoms with van der Waals surface area (Å²) in [6.45, 7) is 3.92. The van der Waals surface area contributed by atoms with E-state index in [0.717, 1.165) is 28.0 Å². The Morgan fingerprint density at radius 1 is 1.05 bits per heavy atom. The summed E-state index contributed by atoms with van der Waals surface area (Å²) >= 11 is 6.13. The minimum Gasteiger partial charge on any atom is -0.496 e. The van der Waals surface area contributed by atoms with Gasteiger partial charge in [-0.25, -0.2) is 0 Å². The van der Waals surface area contributed by atoms with Gasteiger partial charge < -0.3 is 9.84 Å². The third-order valence-electron chi connectivity index (χ3n) is 3.28. The highest BCUT2D eigenvalue weighted by Gasteiger charge is 2.17. The van der Waals surface area contributed by atoms with Crippen LogP contribution < -0.4 is 4.74 Å². The lowest BCUT2D eigenvalue weighted by Gasteiger charge is -2.17.